The van der Waals surface area contributed by atoms with Gasteiger partial charge in [-0.15, -0.1) is 0 Å². The minimum Gasteiger partial charge on any atom is -0.497 e. The van der Waals surface area contributed by atoms with Crippen molar-refractivity contribution in [2.45, 2.75) is 90.5 Å². The van der Waals surface area contributed by atoms with Crippen molar-refractivity contribution in [1.82, 2.24) is 9.80 Å². The SMILES string of the molecule is COc1ccc([C@@H]2CN(C(C)(C)C)C[C@H]2C(=O)N2C[C@H](c3ccc(C(F)(F)F)cc3N3CCC(C(=O)OC(C)(C)C)CC3)[C@@H](C)C2)cc1. The van der Waals surface area contributed by atoms with Gasteiger partial charge in [0.05, 0.1) is 24.5 Å². The van der Waals surface area contributed by atoms with E-state index in [1.807, 2.05) is 54.8 Å². The van der Waals surface area contributed by atoms with Gasteiger partial charge in [-0.1, -0.05) is 25.1 Å². The lowest BCUT2D eigenvalue weighted by molar-refractivity contribution is -0.160. The molecule has 2 aromatic carbocycles. The van der Waals surface area contributed by atoms with Gasteiger partial charge in [0, 0.05) is 62.3 Å². The molecule has 48 heavy (non-hydrogen) atoms. The molecule has 264 valence electrons. The van der Waals surface area contributed by atoms with E-state index < -0.39 is 17.3 Å². The van der Waals surface area contributed by atoms with Crippen LogP contribution in [0, 0.1) is 17.8 Å². The highest BCUT2D eigenvalue weighted by Crippen LogP contribution is 2.44. The number of anilines is 1. The monoisotopic (exact) mass is 671 g/mol. The Labute approximate surface area is 283 Å². The molecule has 0 aromatic heterocycles. The van der Waals surface area contributed by atoms with Crippen LogP contribution in [0.3, 0.4) is 0 Å². The van der Waals surface area contributed by atoms with Gasteiger partial charge in [-0.3, -0.25) is 14.5 Å². The lowest BCUT2D eigenvalue weighted by atomic mass is 9.87. The first-order valence-corrected chi connectivity index (χ1v) is 17.2. The number of rotatable bonds is 6. The van der Waals surface area contributed by atoms with Crippen LogP contribution in [0.4, 0.5) is 18.9 Å². The minimum absolute atomic E-state index is 0.0184. The fraction of sp³-hybridized carbons (Fsp3) is 0.632. The van der Waals surface area contributed by atoms with Crippen molar-refractivity contribution in [1.29, 1.82) is 0 Å². The standard InChI is InChI=1S/C38H52F3N3O4/c1-24-20-43(34(45)32-23-44(36(2,3)4)22-31(32)25-9-12-28(47-8)13-10-25)21-30(24)29-14-11-27(38(39,40)41)19-33(29)42-17-15-26(16-18-42)35(46)48-37(5,6)7/h9-14,19,24,26,30-32H,15-18,20-23H2,1-8H3/t24-,30-,31-,32+/m0/s1. The number of benzene rings is 2. The fourth-order valence-electron chi connectivity index (χ4n) is 7.63. The molecule has 3 aliphatic rings. The van der Waals surface area contributed by atoms with Crippen molar-refractivity contribution in [2.24, 2.45) is 17.8 Å². The number of piperidine rings is 1. The second-order valence-corrected chi connectivity index (χ2v) is 16.0. The summed E-state index contributed by atoms with van der Waals surface area (Å²) < 4.78 is 52.9. The summed E-state index contributed by atoms with van der Waals surface area (Å²) in [6.45, 7) is 17.4. The smallest absolute Gasteiger partial charge is 0.416 e. The number of likely N-dealkylation sites (tertiary alicyclic amines) is 2. The third-order valence-electron chi connectivity index (χ3n) is 10.4. The molecule has 0 radical (unpaired) electrons. The molecule has 0 unspecified atom stereocenters. The number of alkyl halides is 3. The normalized spacial score (nSPS) is 24.6. The summed E-state index contributed by atoms with van der Waals surface area (Å²) in [6.07, 6.45) is -3.47. The van der Waals surface area contributed by atoms with E-state index in [2.05, 4.69) is 32.6 Å². The minimum atomic E-state index is -4.48. The van der Waals surface area contributed by atoms with Gasteiger partial charge >= 0.3 is 12.1 Å². The highest BCUT2D eigenvalue weighted by Gasteiger charge is 2.46. The summed E-state index contributed by atoms with van der Waals surface area (Å²) in [4.78, 5) is 33.4. The van der Waals surface area contributed by atoms with Gasteiger partial charge in [0.1, 0.15) is 11.4 Å². The van der Waals surface area contributed by atoms with Gasteiger partial charge in [0.15, 0.2) is 0 Å². The Bertz CT molecular complexity index is 1460. The van der Waals surface area contributed by atoms with E-state index >= 15 is 0 Å². The Morgan fingerprint density at radius 1 is 0.833 bits per heavy atom. The molecule has 3 heterocycles. The first-order valence-electron chi connectivity index (χ1n) is 17.2. The van der Waals surface area contributed by atoms with Gasteiger partial charge in [0.25, 0.3) is 0 Å². The molecule has 7 nitrogen and oxygen atoms in total. The Hall–Kier alpha value is -3.27. The number of ether oxygens (including phenoxy) is 2. The highest BCUT2D eigenvalue weighted by molar-refractivity contribution is 5.81. The summed E-state index contributed by atoms with van der Waals surface area (Å²) in [5.74, 6) is 0.0550. The molecule has 0 bridgehead atoms. The van der Waals surface area contributed by atoms with E-state index in [4.69, 9.17) is 9.47 Å². The largest absolute Gasteiger partial charge is 0.497 e. The van der Waals surface area contributed by atoms with Crippen LogP contribution in [-0.2, 0) is 20.5 Å². The number of halogens is 3. The maximum absolute atomic E-state index is 14.4. The third-order valence-corrected chi connectivity index (χ3v) is 10.4. The summed E-state index contributed by atoms with van der Waals surface area (Å²) in [5, 5.41) is 0. The van der Waals surface area contributed by atoms with Gasteiger partial charge in [0.2, 0.25) is 5.91 Å². The van der Waals surface area contributed by atoms with E-state index in [1.165, 1.54) is 12.1 Å². The van der Waals surface area contributed by atoms with Crippen LogP contribution in [0.2, 0.25) is 0 Å². The summed E-state index contributed by atoms with van der Waals surface area (Å²) in [7, 11) is 1.64. The van der Waals surface area contributed by atoms with Gasteiger partial charge in [-0.25, -0.2) is 0 Å². The van der Waals surface area contributed by atoms with Crippen LogP contribution in [0.5, 0.6) is 5.75 Å². The number of carbonyl (C=O) groups excluding carboxylic acids is 2. The van der Waals surface area contributed by atoms with E-state index in [0.717, 1.165) is 23.4 Å². The maximum atomic E-state index is 14.4. The van der Waals surface area contributed by atoms with Crippen molar-refractivity contribution >= 4 is 17.6 Å². The van der Waals surface area contributed by atoms with Crippen molar-refractivity contribution in [3.63, 3.8) is 0 Å². The summed E-state index contributed by atoms with van der Waals surface area (Å²) in [6, 6.07) is 12.0. The average Bonchev–Trinajstić information content (AvgIpc) is 3.64. The van der Waals surface area contributed by atoms with E-state index in [1.54, 1.807) is 13.2 Å². The molecule has 3 fully saturated rings. The molecule has 0 saturated carbocycles. The summed E-state index contributed by atoms with van der Waals surface area (Å²) >= 11 is 0. The molecule has 1 amide bonds. The number of amides is 1. The molecular weight excluding hydrogens is 619 g/mol. The average molecular weight is 672 g/mol. The molecule has 0 spiro atoms. The van der Waals surface area contributed by atoms with Crippen molar-refractivity contribution in [3.8, 4) is 5.75 Å². The number of methoxy groups -OCH3 is 1. The molecule has 0 aliphatic carbocycles. The highest BCUT2D eigenvalue weighted by atomic mass is 19.4. The topological polar surface area (TPSA) is 62.3 Å². The van der Waals surface area contributed by atoms with Gasteiger partial charge in [-0.05, 0) is 95.7 Å². The van der Waals surface area contributed by atoms with Crippen LogP contribution in [0.25, 0.3) is 0 Å². The zero-order chi connectivity index (χ0) is 35.2. The molecule has 2 aromatic rings. The van der Waals surface area contributed by atoms with E-state index in [9.17, 15) is 22.8 Å². The predicted molar refractivity (Wildman–Crippen MR) is 181 cm³/mol. The summed E-state index contributed by atoms with van der Waals surface area (Å²) in [5.41, 5.74) is 1.09. The second kappa shape index (κ2) is 13.6. The quantitative estimate of drug-likeness (QED) is 0.300. The van der Waals surface area contributed by atoms with Crippen molar-refractivity contribution in [2.75, 3.05) is 51.3 Å². The number of hydrogen-bond acceptors (Lipinski definition) is 6. The van der Waals surface area contributed by atoms with Crippen molar-refractivity contribution < 1.29 is 32.2 Å². The Morgan fingerprint density at radius 3 is 2.04 bits per heavy atom. The van der Waals surface area contributed by atoms with Crippen LogP contribution >= 0.6 is 0 Å². The predicted octanol–water partition coefficient (Wildman–Crippen LogP) is 7.35. The second-order valence-electron chi connectivity index (χ2n) is 16.0. The Balaban J connectivity index is 1.38. The van der Waals surface area contributed by atoms with Gasteiger partial charge in [-0.2, -0.15) is 13.2 Å². The zero-order valence-electron chi connectivity index (χ0n) is 29.7. The Kier molecular flexibility index (Phi) is 10.2. The van der Waals surface area contributed by atoms with E-state index in [0.29, 0.717) is 51.3 Å². The maximum Gasteiger partial charge on any atom is 0.416 e. The van der Waals surface area contributed by atoms with Crippen molar-refractivity contribution in [3.05, 3.63) is 59.2 Å². The fourth-order valence-corrected chi connectivity index (χ4v) is 7.63. The third kappa shape index (κ3) is 7.95. The Morgan fingerprint density at radius 2 is 1.48 bits per heavy atom. The lowest BCUT2D eigenvalue weighted by Crippen LogP contribution is -2.41. The van der Waals surface area contributed by atoms with Crippen LogP contribution < -0.4 is 9.64 Å². The molecule has 5 rings (SSSR count). The van der Waals surface area contributed by atoms with Crippen LogP contribution in [-0.4, -0.2) is 79.2 Å². The first kappa shape index (κ1) is 36.0. The molecule has 4 atom stereocenters. The number of hydrogen-bond donors (Lipinski definition) is 0. The molecular formula is C38H52F3N3O4. The van der Waals surface area contributed by atoms with Gasteiger partial charge < -0.3 is 19.3 Å². The van der Waals surface area contributed by atoms with Crippen LogP contribution in [0.1, 0.15) is 89.8 Å². The molecule has 3 saturated heterocycles. The number of esters is 1. The lowest BCUT2D eigenvalue weighted by Gasteiger charge is -2.36. The number of carbonyl (C=O) groups is 2. The molecule has 0 N–H and O–H groups in total. The molecule has 3 aliphatic heterocycles. The first-order chi connectivity index (χ1) is 22.4. The van der Waals surface area contributed by atoms with E-state index in [-0.39, 0.29) is 47.0 Å². The van der Waals surface area contributed by atoms with Crippen LogP contribution in [0.15, 0.2) is 42.5 Å². The number of nitrogens with zero attached hydrogens (tertiary/aromatic N) is 3. The molecule has 10 heteroatoms. The zero-order valence-corrected chi connectivity index (χ0v) is 29.7.